The summed E-state index contributed by atoms with van der Waals surface area (Å²) in [7, 11) is -3.75. The molecule has 0 atom stereocenters. The van der Waals surface area contributed by atoms with Crippen LogP contribution in [0.5, 0.6) is 0 Å². The van der Waals surface area contributed by atoms with Gasteiger partial charge in [-0.3, -0.25) is 4.79 Å². The van der Waals surface area contributed by atoms with Crippen LogP contribution in [0.15, 0.2) is 53.4 Å². The van der Waals surface area contributed by atoms with Crippen LogP contribution in [0.4, 0.5) is 0 Å². The number of hydrogen-bond donors (Lipinski definition) is 0. The first-order chi connectivity index (χ1) is 12.8. The molecule has 0 aromatic heterocycles. The van der Waals surface area contributed by atoms with Gasteiger partial charge in [-0.05, 0) is 30.7 Å². The first kappa shape index (κ1) is 21.4. The molecular formula is C20H25ClN2O3S. The van der Waals surface area contributed by atoms with Gasteiger partial charge in [0, 0.05) is 31.7 Å². The number of halogens is 1. The van der Waals surface area contributed by atoms with Crippen molar-refractivity contribution in [2.75, 3.05) is 19.6 Å². The molecule has 0 saturated carbocycles. The van der Waals surface area contributed by atoms with E-state index in [2.05, 4.69) is 0 Å². The van der Waals surface area contributed by atoms with Crippen molar-refractivity contribution >= 4 is 27.5 Å². The number of nitrogens with zero attached hydrogens (tertiary/aromatic N) is 2. The lowest BCUT2D eigenvalue weighted by atomic mass is 10.1. The lowest BCUT2D eigenvalue weighted by Crippen LogP contribution is -2.32. The number of amides is 1. The predicted octanol–water partition coefficient (Wildman–Crippen LogP) is 4.03. The van der Waals surface area contributed by atoms with E-state index >= 15 is 0 Å². The number of carbonyl (C=O) groups is 1. The van der Waals surface area contributed by atoms with E-state index in [1.54, 1.807) is 24.8 Å². The van der Waals surface area contributed by atoms with Crippen LogP contribution in [-0.4, -0.2) is 43.2 Å². The van der Waals surface area contributed by atoms with Crippen LogP contribution in [0.25, 0.3) is 0 Å². The molecule has 27 heavy (non-hydrogen) atoms. The number of carbonyl (C=O) groups excluding carboxylic acids is 1. The van der Waals surface area contributed by atoms with Crippen molar-refractivity contribution in [1.82, 2.24) is 9.21 Å². The molecule has 146 valence electrons. The van der Waals surface area contributed by atoms with E-state index in [-0.39, 0.29) is 15.8 Å². The molecule has 0 N–H and O–H groups in total. The van der Waals surface area contributed by atoms with E-state index < -0.39 is 10.0 Å². The van der Waals surface area contributed by atoms with Crippen molar-refractivity contribution in [1.29, 1.82) is 0 Å². The van der Waals surface area contributed by atoms with E-state index in [9.17, 15) is 13.2 Å². The van der Waals surface area contributed by atoms with Crippen LogP contribution in [0, 0.1) is 0 Å². The molecular weight excluding hydrogens is 384 g/mol. The monoisotopic (exact) mass is 408 g/mol. The van der Waals surface area contributed by atoms with Crippen LogP contribution in [0.1, 0.15) is 36.7 Å². The summed E-state index contributed by atoms with van der Waals surface area (Å²) in [6.45, 7) is 7.06. The fourth-order valence-electron chi connectivity index (χ4n) is 2.85. The maximum atomic E-state index is 13.0. The van der Waals surface area contributed by atoms with Crippen molar-refractivity contribution in [3.05, 3.63) is 64.7 Å². The summed E-state index contributed by atoms with van der Waals surface area (Å²) in [5.74, 6) is -0.228. The van der Waals surface area contributed by atoms with Gasteiger partial charge in [0.2, 0.25) is 10.0 Å². The molecule has 2 aromatic rings. The van der Waals surface area contributed by atoms with Crippen molar-refractivity contribution < 1.29 is 13.2 Å². The van der Waals surface area contributed by atoms with Crippen molar-refractivity contribution in [3.63, 3.8) is 0 Å². The standard InChI is InChI=1S/C20H25ClN2O3S/c1-4-22(15-16-10-8-7-9-11-16)20(24)17-12-13-18(21)19(14-17)27(25,26)23(5-2)6-3/h7-14H,4-6,15H2,1-3H3. The second kappa shape index (κ2) is 9.35. The highest BCUT2D eigenvalue weighted by Gasteiger charge is 2.26. The van der Waals surface area contributed by atoms with Gasteiger partial charge in [0.05, 0.1) is 5.02 Å². The topological polar surface area (TPSA) is 57.7 Å². The summed E-state index contributed by atoms with van der Waals surface area (Å²) in [6.07, 6.45) is 0. The second-order valence-corrected chi connectivity index (χ2v) is 8.35. The molecule has 0 aliphatic heterocycles. The Morgan fingerprint density at radius 2 is 1.59 bits per heavy atom. The molecule has 0 aliphatic rings. The maximum Gasteiger partial charge on any atom is 0.254 e. The van der Waals surface area contributed by atoms with Gasteiger partial charge in [0.15, 0.2) is 0 Å². The predicted molar refractivity (Wildman–Crippen MR) is 108 cm³/mol. The third kappa shape index (κ3) is 4.89. The minimum Gasteiger partial charge on any atom is -0.335 e. The van der Waals surface area contributed by atoms with Crippen LogP contribution < -0.4 is 0 Å². The summed E-state index contributed by atoms with van der Waals surface area (Å²) in [5.41, 5.74) is 1.32. The SMILES string of the molecule is CCN(Cc1ccccc1)C(=O)c1ccc(Cl)c(S(=O)(=O)N(CC)CC)c1. The molecule has 2 rings (SSSR count). The molecule has 0 radical (unpaired) electrons. The zero-order valence-electron chi connectivity index (χ0n) is 15.9. The highest BCUT2D eigenvalue weighted by atomic mass is 35.5. The summed E-state index contributed by atoms with van der Waals surface area (Å²) in [4.78, 5) is 14.6. The number of sulfonamides is 1. The van der Waals surface area contributed by atoms with Crippen molar-refractivity contribution in [2.24, 2.45) is 0 Å². The Kier molecular flexibility index (Phi) is 7.41. The molecule has 2 aromatic carbocycles. The van der Waals surface area contributed by atoms with E-state index in [1.807, 2.05) is 37.3 Å². The Balaban J connectivity index is 2.37. The van der Waals surface area contributed by atoms with Crippen LogP contribution in [0.3, 0.4) is 0 Å². The average molecular weight is 409 g/mol. The van der Waals surface area contributed by atoms with E-state index in [0.717, 1.165) is 5.56 Å². The van der Waals surface area contributed by atoms with Gasteiger partial charge in [-0.15, -0.1) is 0 Å². The van der Waals surface area contributed by atoms with Gasteiger partial charge >= 0.3 is 0 Å². The highest BCUT2D eigenvalue weighted by Crippen LogP contribution is 2.26. The molecule has 0 aliphatic carbocycles. The fraction of sp³-hybridized carbons (Fsp3) is 0.350. The lowest BCUT2D eigenvalue weighted by Gasteiger charge is -2.23. The Labute approximate surface area is 166 Å². The number of rotatable bonds is 8. The molecule has 0 fully saturated rings. The molecule has 7 heteroatoms. The third-order valence-corrected chi connectivity index (χ3v) is 6.92. The zero-order valence-corrected chi connectivity index (χ0v) is 17.4. The molecule has 0 spiro atoms. The normalized spacial score (nSPS) is 11.6. The second-order valence-electron chi connectivity index (χ2n) is 6.04. The lowest BCUT2D eigenvalue weighted by molar-refractivity contribution is 0.0752. The van der Waals surface area contributed by atoms with E-state index in [0.29, 0.717) is 31.7 Å². The van der Waals surface area contributed by atoms with Gasteiger partial charge in [-0.2, -0.15) is 4.31 Å². The molecule has 1 amide bonds. The number of benzene rings is 2. The Morgan fingerprint density at radius 1 is 0.963 bits per heavy atom. The average Bonchev–Trinajstić information content (AvgIpc) is 2.67. The van der Waals surface area contributed by atoms with Crippen LogP contribution in [-0.2, 0) is 16.6 Å². The largest absolute Gasteiger partial charge is 0.335 e. The maximum absolute atomic E-state index is 13.0. The van der Waals surface area contributed by atoms with Gasteiger partial charge in [0.25, 0.3) is 5.91 Å². The summed E-state index contributed by atoms with van der Waals surface area (Å²) in [5, 5.41) is 0.115. The molecule has 0 bridgehead atoms. The van der Waals surface area contributed by atoms with Gasteiger partial charge < -0.3 is 4.90 Å². The van der Waals surface area contributed by atoms with Crippen molar-refractivity contribution in [2.45, 2.75) is 32.2 Å². The highest BCUT2D eigenvalue weighted by molar-refractivity contribution is 7.89. The first-order valence-corrected chi connectivity index (χ1v) is 10.8. The number of hydrogen-bond acceptors (Lipinski definition) is 3. The Hall–Kier alpha value is -1.89. The van der Waals surface area contributed by atoms with Gasteiger partial charge in [0.1, 0.15) is 4.90 Å². The molecule has 0 saturated heterocycles. The van der Waals surface area contributed by atoms with Crippen LogP contribution in [0.2, 0.25) is 5.02 Å². The van der Waals surface area contributed by atoms with Gasteiger partial charge in [-0.25, -0.2) is 8.42 Å². The third-order valence-electron chi connectivity index (χ3n) is 4.39. The zero-order chi connectivity index (χ0) is 20.0. The summed E-state index contributed by atoms with van der Waals surface area (Å²) < 4.78 is 27.0. The summed E-state index contributed by atoms with van der Waals surface area (Å²) >= 11 is 6.16. The molecule has 0 heterocycles. The Morgan fingerprint density at radius 3 is 2.15 bits per heavy atom. The first-order valence-electron chi connectivity index (χ1n) is 8.98. The van der Waals surface area contributed by atoms with E-state index in [4.69, 9.17) is 11.6 Å². The minimum atomic E-state index is -3.75. The van der Waals surface area contributed by atoms with E-state index in [1.165, 1.54) is 16.4 Å². The minimum absolute atomic E-state index is 0.0329. The van der Waals surface area contributed by atoms with Crippen LogP contribution >= 0.6 is 11.6 Å². The molecule has 0 unspecified atom stereocenters. The summed E-state index contributed by atoms with van der Waals surface area (Å²) in [6, 6.07) is 14.1. The van der Waals surface area contributed by atoms with Crippen molar-refractivity contribution in [3.8, 4) is 0 Å². The Bertz CT molecular complexity index is 881. The quantitative estimate of drug-likeness (QED) is 0.662. The fourth-order valence-corrected chi connectivity index (χ4v) is 4.81. The molecule has 5 nitrogen and oxygen atoms in total. The van der Waals surface area contributed by atoms with Gasteiger partial charge in [-0.1, -0.05) is 55.8 Å². The smallest absolute Gasteiger partial charge is 0.254 e.